The maximum Gasteiger partial charge on any atom is 0.337 e. The summed E-state index contributed by atoms with van der Waals surface area (Å²) < 4.78 is 4.65. The zero-order valence-electron chi connectivity index (χ0n) is 8.95. The molecule has 0 rings (SSSR count). The Morgan fingerprint density at radius 2 is 1.80 bits per heavy atom. The summed E-state index contributed by atoms with van der Waals surface area (Å²) in [5.41, 5.74) is 1.76. The second kappa shape index (κ2) is 6.79. The first-order valence-corrected chi connectivity index (χ1v) is 4.48. The maximum absolute atomic E-state index is 11.1. The number of hydrogen-bond acceptors (Lipinski definition) is 3. The second-order valence-electron chi connectivity index (χ2n) is 3.02. The van der Waals surface area contributed by atoms with Gasteiger partial charge in [-0.2, -0.15) is 0 Å². The van der Waals surface area contributed by atoms with Crippen LogP contribution in [0.1, 0.15) is 6.92 Å². The number of rotatable bonds is 6. The second-order valence-corrected chi connectivity index (χ2v) is 3.02. The van der Waals surface area contributed by atoms with Crippen molar-refractivity contribution in [3.05, 3.63) is 48.6 Å². The quantitative estimate of drug-likeness (QED) is 0.411. The molecular weight excluding hydrogens is 192 g/mol. The Kier molecular flexibility index (Phi) is 6.06. The molecule has 0 aromatic heterocycles. The van der Waals surface area contributed by atoms with Crippen molar-refractivity contribution in [2.24, 2.45) is 0 Å². The van der Waals surface area contributed by atoms with Crippen molar-refractivity contribution in [2.45, 2.75) is 6.92 Å². The summed E-state index contributed by atoms with van der Waals surface area (Å²) in [6.45, 7) is 12.6. The standard InChI is InChI=1S/C12H16O3/c1-9(2)10(3)5-6-11(4)12(14)15-8-7-13/h5-6,13H,1,3-4,7-8H2,2H3/b6-5-. The van der Waals surface area contributed by atoms with Crippen molar-refractivity contribution in [2.75, 3.05) is 13.2 Å². The van der Waals surface area contributed by atoms with E-state index in [1.807, 2.05) is 6.92 Å². The molecule has 0 amide bonds. The lowest BCUT2D eigenvalue weighted by Gasteiger charge is -2.02. The average Bonchev–Trinajstić information content (AvgIpc) is 2.21. The van der Waals surface area contributed by atoms with Crippen LogP contribution in [0.2, 0.25) is 0 Å². The van der Waals surface area contributed by atoms with Gasteiger partial charge in [-0.05, 0) is 18.6 Å². The smallest absolute Gasteiger partial charge is 0.337 e. The van der Waals surface area contributed by atoms with Gasteiger partial charge in [-0.15, -0.1) is 0 Å². The number of aliphatic hydroxyl groups excluding tert-OH is 1. The van der Waals surface area contributed by atoms with Gasteiger partial charge >= 0.3 is 5.97 Å². The topological polar surface area (TPSA) is 46.5 Å². The van der Waals surface area contributed by atoms with E-state index in [-0.39, 0.29) is 18.8 Å². The van der Waals surface area contributed by atoms with Gasteiger partial charge in [0.25, 0.3) is 0 Å². The molecule has 15 heavy (non-hydrogen) atoms. The van der Waals surface area contributed by atoms with Gasteiger partial charge in [0.05, 0.1) is 12.2 Å². The number of allylic oxidation sites excluding steroid dienone is 3. The van der Waals surface area contributed by atoms with Crippen LogP contribution in [0.15, 0.2) is 48.6 Å². The van der Waals surface area contributed by atoms with Crippen LogP contribution in [0.25, 0.3) is 0 Å². The van der Waals surface area contributed by atoms with Crippen LogP contribution in [-0.4, -0.2) is 24.3 Å². The summed E-state index contributed by atoms with van der Waals surface area (Å²) in [6.07, 6.45) is 3.15. The molecule has 3 heteroatoms. The molecule has 0 heterocycles. The summed E-state index contributed by atoms with van der Waals surface area (Å²) >= 11 is 0. The monoisotopic (exact) mass is 208 g/mol. The average molecular weight is 208 g/mol. The van der Waals surface area contributed by atoms with E-state index in [9.17, 15) is 4.79 Å². The maximum atomic E-state index is 11.1. The number of carbonyl (C=O) groups is 1. The molecule has 0 aliphatic rings. The minimum absolute atomic E-state index is 0.0207. The predicted octanol–water partition coefficient (Wildman–Crippen LogP) is 1.77. The van der Waals surface area contributed by atoms with E-state index in [4.69, 9.17) is 5.11 Å². The number of ether oxygens (including phenoxy) is 1. The molecule has 0 fully saturated rings. The van der Waals surface area contributed by atoms with Gasteiger partial charge in [0.1, 0.15) is 6.61 Å². The van der Waals surface area contributed by atoms with E-state index in [0.717, 1.165) is 11.1 Å². The van der Waals surface area contributed by atoms with Crippen molar-refractivity contribution in [3.8, 4) is 0 Å². The fraction of sp³-hybridized carbons (Fsp3) is 0.250. The van der Waals surface area contributed by atoms with Crippen LogP contribution in [0.4, 0.5) is 0 Å². The van der Waals surface area contributed by atoms with Crippen molar-refractivity contribution in [1.29, 1.82) is 0 Å². The van der Waals surface area contributed by atoms with Crippen molar-refractivity contribution in [3.63, 3.8) is 0 Å². The molecular formula is C12H16O3. The number of esters is 1. The van der Waals surface area contributed by atoms with Gasteiger partial charge < -0.3 is 9.84 Å². The highest BCUT2D eigenvalue weighted by atomic mass is 16.5. The normalized spacial score (nSPS) is 10.0. The summed E-state index contributed by atoms with van der Waals surface area (Å²) in [6, 6.07) is 0. The fourth-order valence-corrected chi connectivity index (χ4v) is 0.643. The Bertz CT molecular complexity index is 311. The minimum Gasteiger partial charge on any atom is -0.460 e. The van der Waals surface area contributed by atoms with Gasteiger partial charge in [0, 0.05) is 0 Å². The Balaban J connectivity index is 4.18. The molecule has 1 N–H and O–H groups in total. The lowest BCUT2D eigenvalue weighted by Crippen LogP contribution is -2.09. The van der Waals surface area contributed by atoms with Crippen LogP contribution in [-0.2, 0) is 9.53 Å². The fourth-order valence-electron chi connectivity index (χ4n) is 0.643. The van der Waals surface area contributed by atoms with Crippen LogP contribution in [0.3, 0.4) is 0 Å². The Labute approximate surface area is 90.1 Å². The lowest BCUT2D eigenvalue weighted by molar-refractivity contribution is -0.139. The Hall–Kier alpha value is -1.61. The predicted molar refractivity (Wildman–Crippen MR) is 60.3 cm³/mol. The van der Waals surface area contributed by atoms with E-state index in [1.54, 1.807) is 6.08 Å². The summed E-state index contributed by atoms with van der Waals surface area (Å²) in [5, 5.41) is 8.44. The number of hydrogen-bond donors (Lipinski definition) is 1. The molecule has 0 aromatic rings. The summed E-state index contributed by atoms with van der Waals surface area (Å²) in [7, 11) is 0. The van der Waals surface area contributed by atoms with Gasteiger partial charge in [0.15, 0.2) is 0 Å². The highest BCUT2D eigenvalue weighted by Crippen LogP contribution is 2.07. The number of carbonyl (C=O) groups excluding carboxylic acids is 1. The third kappa shape index (κ3) is 5.65. The first-order chi connectivity index (χ1) is 6.99. The first-order valence-electron chi connectivity index (χ1n) is 4.48. The van der Waals surface area contributed by atoms with E-state index in [1.165, 1.54) is 6.08 Å². The SMILES string of the molecule is C=C(C)C(=C)/C=C\C(=C)C(=O)OCCO. The molecule has 0 aliphatic heterocycles. The molecule has 82 valence electrons. The van der Waals surface area contributed by atoms with Crippen LogP contribution in [0, 0.1) is 0 Å². The largest absolute Gasteiger partial charge is 0.460 e. The summed E-state index contributed by atoms with van der Waals surface area (Å²) in [4.78, 5) is 11.1. The lowest BCUT2D eigenvalue weighted by atomic mass is 10.1. The van der Waals surface area contributed by atoms with Crippen LogP contribution >= 0.6 is 0 Å². The van der Waals surface area contributed by atoms with Gasteiger partial charge in [0.2, 0.25) is 0 Å². The van der Waals surface area contributed by atoms with Crippen LogP contribution < -0.4 is 0 Å². The minimum atomic E-state index is -0.546. The molecule has 3 nitrogen and oxygen atoms in total. The Morgan fingerprint density at radius 1 is 1.27 bits per heavy atom. The molecule has 0 aliphatic carbocycles. The molecule has 0 bridgehead atoms. The van der Waals surface area contributed by atoms with Crippen molar-refractivity contribution >= 4 is 5.97 Å². The zero-order valence-corrected chi connectivity index (χ0v) is 8.95. The van der Waals surface area contributed by atoms with Crippen molar-refractivity contribution < 1.29 is 14.6 Å². The van der Waals surface area contributed by atoms with E-state index >= 15 is 0 Å². The van der Waals surface area contributed by atoms with Crippen molar-refractivity contribution in [1.82, 2.24) is 0 Å². The summed E-state index contributed by atoms with van der Waals surface area (Å²) in [5.74, 6) is -0.546. The van der Waals surface area contributed by atoms with E-state index in [2.05, 4.69) is 24.5 Å². The molecule has 0 atom stereocenters. The van der Waals surface area contributed by atoms with Gasteiger partial charge in [-0.25, -0.2) is 4.79 Å². The Morgan fingerprint density at radius 3 is 2.27 bits per heavy atom. The molecule has 0 spiro atoms. The molecule has 0 saturated heterocycles. The molecule has 0 radical (unpaired) electrons. The van der Waals surface area contributed by atoms with Gasteiger partial charge in [-0.3, -0.25) is 0 Å². The highest BCUT2D eigenvalue weighted by Gasteiger charge is 2.04. The van der Waals surface area contributed by atoms with Gasteiger partial charge in [-0.1, -0.05) is 31.4 Å². The first kappa shape index (κ1) is 13.4. The molecule has 0 saturated carbocycles. The third-order valence-corrected chi connectivity index (χ3v) is 1.62. The van der Waals surface area contributed by atoms with E-state index in [0.29, 0.717) is 0 Å². The molecule has 0 aromatic carbocycles. The molecule has 0 unspecified atom stereocenters. The highest BCUT2D eigenvalue weighted by molar-refractivity contribution is 5.90. The van der Waals surface area contributed by atoms with E-state index < -0.39 is 5.97 Å². The van der Waals surface area contributed by atoms with Crippen LogP contribution in [0.5, 0.6) is 0 Å². The number of aliphatic hydroxyl groups is 1. The zero-order chi connectivity index (χ0) is 11.8. The third-order valence-electron chi connectivity index (χ3n) is 1.62.